The normalized spacial score (nSPS) is 24.2. The number of aromatic nitrogens is 2. The second-order valence-electron chi connectivity index (χ2n) is 6.69. The summed E-state index contributed by atoms with van der Waals surface area (Å²) in [4.78, 5) is 7.36. The zero-order valence-corrected chi connectivity index (χ0v) is 10.8. The minimum Gasteiger partial charge on any atom is -0.353 e. The lowest BCUT2D eigenvalue weighted by molar-refractivity contribution is 0.105. The lowest BCUT2D eigenvalue weighted by atomic mass is 9.63. The maximum absolute atomic E-state index is 4.24. The average Bonchev–Trinajstić information content (AvgIpc) is 2.49. The number of hydrogen-bond acceptors (Lipinski definition) is 2. The molecule has 90 valence electrons. The van der Waals surface area contributed by atoms with Crippen LogP contribution < -0.4 is 5.32 Å². The Kier molecular flexibility index (Phi) is 2.72. The quantitative estimate of drug-likeness (QED) is 0.803. The van der Waals surface area contributed by atoms with E-state index in [1.54, 1.807) is 6.20 Å². The van der Waals surface area contributed by atoms with Crippen molar-refractivity contribution in [2.75, 3.05) is 5.32 Å². The summed E-state index contributed by atoms with van der Waals surface area (Å²) in [5, 5.41) is 3.51. The zero-order valence-electron chi connectivity index (χ0n) is 10.8. The summed E-state index contributed by atoms with van der Waals surface area (Å²) < 4.78 is 0. The number of nitrogens with zero attached hydrogens (tertiary/aromatic N) is 1. The SMILES string of the molecule is CC1(C)CC(Nc2ncc[nH]2)CC(C)(C)C1. The molecule has 1 heterocycles. The van der Waals surface area contributed by atoms with E-state index in [2.05, 4.69) is 43.0 Å². The van der Waals surface area contributed by atoms with E-state index >= 15 is 0 Å². The highest BCUT2D eigenvalue weighted by Gasteiger charge is 2.38. The van der Waals surface area contributed by atoms with Crippen molar-refractivity contribution < 1.29 is 0 Å². The van der Waals surface area contributed by atoms with Crippen LogP contribution in [0.15, 0.2) is 12.4 Å². The maximum Gasteiger partial charge on any atom is 0.200 e. The van der Waals surface area contributed by atoms with Crippen LogP contribution in [0, 0.1) is 10.8 Å². The Balaban J connectivity index is 2.05. The molecule has 0 amide bonds. The monoisotopic (exact) mass is 221 g/mol. The molecule has 0 unspecified atom stereocenters. The van der Waals surface area contributed by atoms with E-state index < -0.39 is 0 Å². The summed E-state index contributed by atoms with van der Waals surface area (Å²) in [6.45, 7) is 9.46. The third kappa shape index (κ3) is 2.77. The van der Waals surface area contributed by atoms with Gasteiger partial charge in [0.05, 0.1) is 0 Å². The summed E-state index contributed by atoms with van der Waals surface area (Å²) in [5.41, 5.74) is 0.845. The van der Waals surface area contributed by atoms with E-state index in [-0.39, 0.29) is 0 Å². The van der Waals surface area contributed by atoms with Gasteiger partial charge in [-0.25, -0.2) is 4.98 Å². The summed E-state index contributed by atoms with van der Waals surface area (Å²) >= 11 is 0. The average molecular weight is 221 g/mol. The van der Waals surface area contributed by atoms with Gasteiger partial charge in [0.2, 0.25) is 0 Å². The molecular weight excluding hydrogens is 198 g/mol. The third-order valence-corrected chi connectivity index (χ3v) is 3.39. The van der Waals surface area contributed by atoms with Crippen molar-refractivity contribution >= 4 is 5.95 Å². The molecule has 0 saturated heterocycles. The van der Waals surface area contributed by atoms with Crippen molar-refractivity contribution in [1.82, 2.24) is 9.97 Å². The highest BCUT2D eigenvalue weighted by atomic mass is 15.1. The second-order valence-corrected chi connectivity index (χ2v) is 6.69. The molecule has 1 aromatic rings. The van der Waals surface area contributed by atoms with Crippen LogP contribution in [-0.2, 0) is 0 Å². The van der Waals surface area contributed by atoms with Crippen molar-refractivity contribution in [3.63, 3.8) is 0 Å². The first kappa shape index (κ1) is 11.5. The Labute approximate surface area is 98.1 Å². The summed E-state index contributed by atoms with van der Waals surface area (Å²) in [6, 6.07) is 0.532. The van der Waals surface area contributed by atoms with Gasteiger partial charge >= 0.3 is 0 Å². The number of nitrogens with one attached hydrogen (secondary N) is 2. The van der Waals surface area contributed by atoms with Crippen molar-refractivity contribution in [1.29, 1.82) is 0 Å². The molecule has 1 aliphatic carbocycles. The molecule has 2 rings (SSSR count). The number of imidazole rings is 1. The minimum atomic E-state index is 0.423. The van der Waals surface area contributed by atoms with Crippen molar-refractivity contribution in [2.24, 2.45) is 10.8 Å². The Morgan fingerprint density at radius 2 is 1.88 bits per heavy atom. The van der Waals surface area contributed by atoms with Crippen molar-refractivity contribution in [3.8, 4) is 0 Å². The first-order valence-corrected chi connectivity index (χ1v) is 6.12. The van der Waals surface area contributed by atoms with Gasteiger partial charge in [0, 0.05) is 18.4 Å². The van der Waals surface area contributed by atoms with Crippen LogP contribution in [0.3, 0.4) is 0 Å². The van der Waals surface area contributed by atoms with Gasteiger partial charge in [0.15, 0.2) is 5.95 Å². The Bertz CT molecular complexity index is 322. The minimum absolute atomic E-state index is 0.423. The fourth-order valence-electron chi connectivity index (χ4n) is 3.49. The topological polar surface area (TPSA) is 40.7 Å². The molecule has 16 heavy (non-hydrogen) atoms. The zero-order chi connectivity index (χ0) is 11.8. The third-order valence-electron chi connectivity index (χ3n) is 3.39. The van der Waals surface area contributed by atoms with Crippen LogP contribution >= 0.6 is 0 Å². The lowest BCUT2D eigenvalue weighted by Crippen LogP contribution is -2.40. The van der Waals surface area contributed by atoms with Crippen LogP contribution in [0.4, 0.5) is 5.95 Å². The molecule has 0 radical (unpaired) electrons. The molecule has 1 saturated carbocycles. The summed E-state index contributed by atoms with van der Waals surface area (Å²) in [6.07, 6.45) is 7.40. The van der Waals surface area contributed by atoms with Gasteiger partial charge in [-0.1, -0.05) is 27.7 Å². The molecule has 0 atom stereocenters. The Morgan fingerprint density at radius 3 is 2.38 bits per heavy atom. The highest BCUT2D eigenvalue weighted by molar-refractivity contribution is 5.25. The fourth-order valence-corrected chi connectivity index (χ4v) is 3.49. The van der Waals surface area contributed by atoms with E-state index in [9.17, 15) is 0 Å². The van der Waals surface area contributed by atoms with Crippen LogP contribution in [0.1, 0.15) is 47.0 Å². The first-order valence-electron chi connectivity index (χ1n) is 6.12. The number of anilines is 1. The van der Waals surface area contributed by atoms with Crippen molar-refractivity contribution in [2.45, 2.75) is 53.0 Å². The predicted octanol–water partition coefficient (Wildman–Crippen LogP) is 3.43. The molecule has 2 N–H and O–H groups in total. The standard InChI is InChI=1S/C13H23N3/c1-12(2)7-10(8-13(3,4)9-12)16-11-14-5-6-15-11/h5-6,10H,7-9H2,1-4H3,(H2,14,15,16). The van der Waals surface area contributed by atoms with Gasteiger partial charge in [0.1, 0.15) is 0 Å². The lowest BCUT2D eigenvalue weighted by Gasteiger charge is -2.45. The number of aromatic amines is 1. The van der Waals surface area contributed by atoms with E-state index in [4.69, 9.17) is 0 Å². The highest BCUT2D eigenvalue weighted by Crippen LogP contribution is 2.46. The fraction of sp³-hybridized carbons (Fsp3) is 0.769. The van der Waals surface area contributed by atoms with Crippen molar-refractivity contribution in [3.05, 3.63) is 12.4 Å². The van der Waals surface area contributed by atoms with Crippen LogP contribution in [0.2, 0.25) is 0 Å². The molecule has 1 aliphatic rings. The molecular formula is C13H23N3. The van der Waals surface area contributed by atoms with Gasteiger partial charge in [-0.15, -0.1) is 0 Å². The first-order chi connectivity index (χ1) is 7.36. The number of hydrogen-bond donors (Lipinski definition) is 2. The summed E-state index contributed by atoms with van der Waals surface area (Å²) in [5.74, 6) is 0.901. The van der Waals surface area contributed by atoms with E-state index in [0.717, 1.165) is 5.95 Å². The van der Waals surface area contributed by atoms with Crippen LogP contribution in [-0.4, -0.2) is 16.0 Å². The second kappa shape index (κ2) is 3.79. The van der Waals surface area contributed by atoms with Gasteiger partial charge < -0.3 is 10.3 Å². The van der Waals surface area contributed by atoms with Gasteiger partial charge in [-0.2, -0.15) is 0 Å². The van der Waals surface area contributed by atoms with E-state index in [0.29, 0.717) is 16.9 Å². The smallest absolute Gasteiger partial charge is 0.200 e. The van der Waals surface area contributed by atoms with Gasteiger partial charge in [-0.05, 0) is 30.1 Å². The van der Waals surface area contributed by atoms with E-state index in [1.807, 2.05) is 6.20 Å². The van der Waals surface area contributed by atoms with E-state index in [1.165, 1.54) is 19.3 Å². The Hall–Kier alpha value is -0.990. The van der Waals surface area contributed by atoms with Gasteiger partial charge in [0.25, 0.3) is 0 Å². The maximum atomic E-state index is 4.24. The summed E-state index contributed by atoms with van der Waals surface area (Å²) in [7, 11) is 0. The largest absolute Gasteiger partial charge is 0.353 e. The molecule has 0 spiro atoms. The molecule has 0 aromatic carbocycles. The van der Waals surface area contributed by atoms with Crippen LogP contribution in [0.25, 0.3) is 0 Å². The Morgan fingerprint density at radius 1 is 1.25 bits per heavy atom. The number of H-pyrrole nitrogens is 1. The number of rotatable bonds is 2. The molecule has 1 aromatic heterocycles. The van der Waals surface area contributed by atoms with Crippen LogP contribution in [0.5, 0.6) is 0 Å². The molecule has 3 heteroatoms. The molecule has 1 fully saturated rings. The van der Waals surface area contributed by atoms with Gasteiger partial charge in [-0.3, -0.25) is 0 Å². The molecule has 3 nitrogen and oxygen atoms in total. The molecule has 0 bridgehead atoms. The molecule has 0 aliphatic heterocycles. The predicted molar refractivity (Wildman–Crippen MR) is 67.4 cm³/mol.